The highest BCUT2D eigenvalue weighted by molar-refractivity contribution is 5.81. The summed E-state index contributed by atoms with van der Waals surface area (Å²) in [4.78, 5) is 11.1. The summed E-state index contributed by atoms with van der Waals surface area (Å²) in [5.41, 5.74) is 5.73. The lowest BCUT2D eigenvalue weighted by Gasteiger charge is -2.22. The Morgan fingerprint density at radius 2 is 2.07 bits per heavy atom. The van der Waals surface area contributed by atoms with Crippen LogP contribution < -0.4 is 11.1 Å². The van der Waals surface area contributed by atoms with E-state index in [4.69, 9.17) is 5.73 Å². The highest BCUT2D eigenvalue weighted by Crippen LogP contribution is 2.27. The highest BCUT2D eigenvalue weighted by Gasteiger charge is 2.17. The van der Waals surface area contributed by atoms with Gasteiger partial charge in [-0.05, 0) is 18.8 Å². The van der Waals surface area contributed by atoms with E-state index in [0.29, 0.717) is 0 Å². The second-order valence-corrected chi connectivity index (χ2v) is 4.30. The van der Waals surface area contributed by atoms with Crippen molar-refractivity contribution in [3.8, 4) is 0 Å². The van der Waals surface area contributed by atoms with E-state index in [-0.39, 0.29) is 11.9 Å². The van der Waals surface area contributed by atoms with Crippen LogP contribution in [-0.4, -0.2) is 19.0 Å². The monoisotopic (exact) mass is 198 g/mol. The van der Waals surface area contributed by atoms with Gasteiger partial charge in [-0.15, -0.1) is 0 Å². The Kier molecular flexibility index (Phi) is 4.94. The molecule has 1 amide bonds. The fraction of sp³-hybridized carbons (Fsp3) is 0.909. The van der Waals surface area contributed by atoms with Gasteiger partial charge in [0.2, 0.25) is 5.91 Å². The summed E-state index contributed by atoms with van der Waals surface area (Å²) in [5.74, 6) is 0.792. The number of likely N-dealkylation sites (N-methyl/N-ethyl adjacent to an activating group) is 1. The number of hydrogen-bond donors (Lipinski definition) is 2. The van der Waals surface area contributed by atoms with Crippen molar-refractivity contribution in [3.05, 3.63) is 0 Å². The Labute approximate surface area is 86.4 Å². The minimum atomic E-state index is -0.304. The molecule has 0 bridgehead atoms. The number of nitrogens with one attached hydrogen (secondary N) is 1. The van der Waals surface area contributed by atoms with E-state index in [1.807, 2.05) is 0 Å². The molecule has 82 valence electrons. The molecule has 1 aliphatic rings. The van der Waals surface area contributed by atoms with Gasteiger partial charge in [-0.3, -0.25) is 4.79 Å². The molecule has 0 spiro atoms. The maximum absolute atomic E-state index is 11.1. The molecule has 3 nitrogen and oxygen atoms in total. The summed E-state index contributed by atoms with van der Waals surface area (Å²) in [5, 5.41) is 2.59. The molecule has 1 rings (SSSR count). The van der Waals surface area contributed by atoms with Crippen molar-refractivity contribution in [2.24, 2.45) is 11.7 Å². The molecule has 3 N–H and O–H groups in total. The first-order valence-corrected chi connectivity index (χ1v) is 5.71. The van der Waals surface area contributed by atoms with Crippen LogP contribution in [0.3, 0.4) is 0 Å². The topological polar surface area (TPSA) is 55.1 Å². The molecule has 0 aromatic heterocycles. The van der Waals surface area contributed by atoms with Gasteiger partial charge < -0.3 is 11.1 Å². The molecular weight excluding hydrogens is 176 g/mol. The quantitative estimate of drug-likeness (QED) is 0.718. The summed E-state index contributed by atoms with van der Waals surface area (Å²) in [6, 6.07) is -0.304. The first-order chi connectivity index (χ1) is 6.74. The third kappa shape index (κ3) is 3.66. The number of carbonyl (C=O) groups excluding carboxylic acids is 1. The second-order valence-electron chi connectivity index (χ2n) is 4.30. The van der Waals surface area contributed by atoms with Gasteiger partial charge in [0.15, 0.2) is 0 Å². The van der Waals surface area contributed by atoms with Crippen molar-refractivity contribution >= 4 is 5.91 Å². The van der Waals surface area contributed by atoms with Crippen LogP contribution in [0.25, 0.3) is 0 Å². The van der Waals surface area contributed by atoms with Gasteiger partial charge in [-0.1, -0.05) is 32.1 Å². The van der Waals surface area contributed by atoms with Gasteiger partial charge >= 0.3 is 0 Å². The number of nitrogens with two attached hydrogens (primary N) is 1. The highest BCUT2D eigenvalue weighted by atomic mass is 16.2. The van der Waals surface area contributed by atoms with Crippen molar-refractivity contribution in [2.45, 2.75) is 51.0 Å². The summed E-state index contributed by atoms with van der Waals surface area (Å²) >= 11 is 0. The predicted molar refractivity (Wildman–Crippen MR) is 57.9 cm³/mol. The van der Waals surface area contributed by atoms with Crippen molar-refractivity contribution in [2.75, 3.05) is 7.05 Å². The molecule has 0 aromatic carbocycles. The molecule has 1 atom stereocenters. The smallest absolute Gasteiger partial charge is 0.236 e. The molecule has 14 heavy (non-hydrogen) atoms. The summed E-state index contributed by atoms with van der Waals surface area (Å²) in [6.07, 6.45) is 8.73. The van der Waals surface area contributed by atoms with Gasteiger partial charge in [-0.2, -0.15) is 0 Å². The summed E-state index contributed by atoms with van der Waals surface area (Å²) in [7, 11) is 1.64. The van der Waals surface area contributed by atoms with Gasteiger partial charge in [0.05, 0.1) is 6.04 Å². The average molecular weight is 198 g/mol. The molecule has 1 saturated carbocycles. The zero-order valence-electron chi connectivity index (χ0n) is 9.09. The number of rotatable bonds is 4. The van der Waals surface area contributed by atoms with Crippen LogP contribution >= 0.6 is 0 Å². The normalized spacial score (nSPS) is 20.4. The summed E-state index contributed by atoms with van der Waals surface area (Å²) < 4.78 is 0. The Morgan fingerprint density at radius 1 is 1.43 bits per heavy atom. The van der Waals surface area contributed by atoms with E-state index < -0.39 is 0 Å². The molecule has 0 unspecified atom stereocenters. The van der Waals surface area contributed by atoms with Crippen LogP contribution in [0.4, 0.5) is 0 Å². The Bertz CT molecular complexity index is 176. The lowest BCUT2D eigenvalue weighted by molar-refractivity contribution is -0.122. The molecule has 1 fully saturated rings. The largest absolute Gasteiger partial charge is 0.358 e. The number of carbonyl (C=O) groups is 1. The third-order valence-electron chi connectivity index (χ3n) is 3.19. The van der Waals surface area contributed by atoms with Crippen LogP contribution in [0.2, 0.25) is 0 Å². The Balaban J connectivity index is 2.15. The van der Waals surface area contributed by atoms with Crippen molar-refractivity contribution in [1.29, 1.82) is 0 Å². The molecule has 3 heteroatoms. The molecular formula is C11H22N2O. The van der Waals surface area contributed by atoms with Gasteiger partial charge in [0.25, 0.3) is 0 Å². The Hall–Kier alpha value is -0.570. The first kappa shape index (κ1) is 11.5. The van der Waals surface area contributed by atoms with Crippen LogP contribution in [0, 0.1) is 5.92 Å². The van der Waals surface area contributed by atoms with E-state index in [1.165, 1.54) is 32.1 Å². The zero-order valence-corrected chi connectivity index (χ0v) is 9.09. The van der Waals surface area contributed by atoms with Gasteiger partial charge in [0, 0.05) is 7.05 Å². The van der Waals surface area contributed by atoms with Crippen molar-refractivity contribution < 1.29 is 4.79 Å². The van der Waals surface area contributed by atoms with Crippen LogP contribution in [0.15, 0.2) is 0 Å². The Morgan fingerprint density at radius 3 is 2.64 bits per heavy atom. The van der Waals surface area contributed by atoms with Crippen molar-refractivity contribution in [3.63, 3.8) is 0 Å². The van der Waals surface area contributed by atoms with Gasteiger partial charge in [-0.25, -0.2) is 0 Å². The lowest BCUT2D eigenvalue weighted by atomic mass is 9.85. The van der Waals surface area contributed by atoms with Crippen LogP contribution in [-0.2, 0) is 4.79 Å². The number of hydrogen-bond acceptors (Lipinski definition) is 2. The third-order valence-corrected chi connectivity index (χ3v) is 3.19. The van der Waals surface area contributed by atoms with Crippen LogP contribution in [0.5, 0.6) is 0 Å². The van der Waals surface area contributed by atoms with E-state index in [1.54, 1.807) is 7.05 Å². The first-order valence-electron chi connectivity index (χ1n) is 5.71. The fourth-order valence-electron chi connectivity index (χ4n) is 2.21. The molecule has 0 radical (unpaired) electrons. The van der Waals surface area contributed by atoms with E-state index >= 15 is 0 Å². The van der Waals surface area contributed by atoms with Gasteiger partial charge in [0.1, 0.15) is 0 Å². The van der Waals surface area contributed by atoms with E-state index in [0.717, 1.165) is 18.8 Å². The maximum atomic E-state index is 11.1. The van der Waals surface area contributed by atoms with Crippen molar-refractivity contribution in [1.82, 2.24) is 5.32 Å². The number of amides is 1. The fourth-order valence-corrected chi connectivity index (χ4v) is 2.21. The average Bonchev–Trinajstić information content (AvgIpc) is 2.26. The standard InChI is InChI=1S/C11H22N2O/c1-13-11(14)10(12)8-7-9-5-3-2-4-6-9/h9-10H,2-8,12H2,1H3,(H,13,14)/t10-/m0/s1. The molecule has 0 heterocycles. The van der Waals surface area contributed by atoms with Crippen LogP contribution in [0.1, 0.15) is 44.9 Å². The molecule has 0 aliphatic heterocycles. The zero-order chi connectivity index (χ0) is 10.4. The minimum Gasteiger partial charge on any atom is -0.358 e. The molecule has 1 aliphatic carbocycles. The SMILES string of the molecule is CNC(=O)[C@@H](N)CCC1CCCCC1. The summed E-state index contributed by atoms with van der Waals surface area (Å²) in [6.45, 7) is 0. The molecule has 0 aromatic rings. The minimum absolute atomic E-state index is 0.0270. The molecule has 0 saturated heterocycles. The van der Waals surface area contributed by atoms with E-state index in [9.17, 15) is 4.79 Å². The second kappa shape index (κ2) is 6.02. The van der Waals surface area contributed by atoms with E-state index in [2.05, 4.69) is 5.32 Å². The maximum Gasteiger partial charge on any atom is 0.236 e. The predicted octanol–water partition coefficient (Wildman–Crippen LogP) is 1.42. The lowest BCUT2D eigenvalue weighted by Crippen LogP contribution is -2.38.